The van der Waals surface area contributed by atoms with Gasteiger partial charge in [-0.2, -0.15) is 5.26 Å². The van der Waals surface area contributed by atoms with Crippen LogP contribution in [0.1, 0.15) is 19.4 Å². The van der Waals surface area contributed by atoms with Gasteiger partial charge in [0.1, 0.15) is 0 Å². The Morgan fingerprint density at radius 2 is 1.65 bits per heavy atom. The summed E-state index contributed by atoms with van der Waals surface area (Å²) in [4.78, 5) is 0.870. The van der Waals surface area contributed by atoms with E-state index in [2.05, 4.69) is 10.8 Å². The van der Waals surface area contributed by atoms with Crippen LogP contribution in [0.2, 0.25) is 0 Å². The number of nitrogens with zero attached hydrogens (tertiary/aromatic N) is 1. The van der Waals surface area contributed by atoms with Gasteiger partial charge in [-0.15, -0.1) is 11.3 Å². The van der Waals surface area contributed by atoms with E-state index in [-0.39, 0.29) is 0 Å². The Hall–Kier alpha value is -2.62. The number of hydrogen-bond donors (Lipinski definition) is 1. The minimum Gasteiger partial charge on any atom is -0.282 e. The van der Waals surface area contributed by atoms with Crippen LogP contribution >= 0.6 is 11.3 Å². The van der Waals surface area contributed by atoms with Crippen molar-refractivity contribution < 1.29 is 8.42 Å². The number of nitriles is 1. The number of benzene rings is 2. The molecule has 6 heteroatoms. The lowest BCUT2D eigenvalue weighted by Gasteiger charge is -2.12. The molecule has 26 heavy (non-hydrogen) atoms. The molecule has 0 fully saturated rings. The van der Waals surface area contributed by atoms with Crippen molar-refractivity contribution >= 4 is 27.0 Å². The van der Waals surface area contributed by atoms with Gasteiger partial charge in [-0.05, 0) is 48.1 Å². The van der Waals surface area contributed by atoms with Crippen LogP contribution in [0.15, 0.2) is 60.0 Å². The van der Waals surface area contributed by atoms with Crippen LogP contribution in [0.4, 0.5) is 5.69 Å². The maximum absolute atomic E-state index is 12.2. The molecule has 0 spiro atoms. The van der Waals surface area contributed by atoms with Crippen LogP contribution in [0.5, 0.6) is 0 Å². The number of nitrogens with one attached hydrogen (secondary N) is 1. The zero-order valence-electron chi connectivity index (χ0n) is 14.4. The molecule has 0 unspecified atom stereocenters. The first-order valence-electron chi connectivity index (χ1n) is 8.11. The highest BCUT2D eigenvalue weighted by Crippen LogP contribution is 2.36. The second-order valence-electron chi connectivity index (χ2n) is 6.09. The summed E-state index contributed by atoms with van der Waals surface area (Å²) in [5.74, 6) is 0. The predicted octanol–water partition coefficient (Wildman–Crippen LogP) is 5.10. The summed E-state index contributed by atoms with van der Waals surface area (Å²) in [5, 5.41) is 10.6. The first-order chi connectivity index (χ1) is 12.4. The molecule has 0 bridgehead atoms. The molecule has 0 saturated carbocycles. The van der Waals surface area contributed by atoms with E-state index >= 15 is 0 Å². The van der Waals surface area contributed by atoms with Crippen molar-refractivity contribution in [1.82, 2.24) is 0 Å². The van der Waals surface area contributed by atoms with E-state index in [9.17, 15) is 13.7 Å². The fourth-order valence-electron chi connectivity index (χ4n) is 2.52. The van der Waals surface area contributed by atoms with Gasteiger partial charge in [0.05, 0.1) is 27.4 Å². The molecule has 132 valence electrons. The lowest BCUT2D eigenvalue weighted by atomic mass is 9.99. The quantitative estimate of drug-likeness (QED) is 0.667. The molecule has 1 aromatic heterocycles. The molecule has 0 aliphatic heterocycles. The Balaban J connectivity index is 1.94. The third kappa shape index (κ3) is 3.64. The van der Waals surface area contributed by atoms with E-state index in [1.165, 1.54) is 11.3 Å². The Kier molecular flexibility index (Phi) is 5.12. The van der Waals surface area contributed by atoms with Crippen molar-refractivity contribution in [3.63, 3.8) is 0 Å². The maximum Gasteiger partial charge on any atom is 0.235 e. The van der Waals surface area contributed by atoms with Crippen molar-refractivity contribution in [2.24, 2.45) is 0 Å². The second kappa shape index (κ2) is 7.32. The van der Waals surface area contributed by atoms with Crippen LogP contribution in [-0.2, 0) is 10.0 Å². The Morgan fingerprint density at radius 3 is 2.31 bits per heavy atom. The number of sulfonamides is 1. The molecule has 1 heterocycles. The molecule has 0 aliphatic carbocycles. The number of hydrogen-bond acceptors (Lipinski definition) is 4. The molecule has 0 radical (unpaired) electrons. The van der Waals surface area contributed by atoms with Crippen molar-refractivity contribution in [2.75, 3.05) is 4.72 Å². The van der Waals surface area contributed by atoms with Gasteiger partial charge in [-0.25, -0.2) is 8.42 Å². The van der Waals surface area contributed by atoms with Gasteiger partial charge >= 0.3 is 0 Å². The summed E-state index contributed by atoms with van der Waals surface area (Å²) >= 11 is 1.49. The van der Waals surface area contributed by atoms with Gasteiger partial charge in [0, 0.05) is 0 Å². The smallest absolute Gasteiger partial charge is 0.235 e. The molecule has 3 rings (SSSR count). The maximum atomic E-state index is 12.2. The average molecular weight is 383 g/mol. The first kappa shape index (κ1) is 18.2. The normalized spacial score (nSPS) is 11.3. The van der Waals surface area contributed by atoms with Crippen LogP contribution in [0.25, 0.3) is 21.6 Å². The van der Waals surface area contributed by atoms with E-state index in [0.717, 1.165) is 21.6 Å². The molecule has 0 amide bonds. The summed E-state index contributed by atoms with van der Waals surface area (Å²) in [6, 6.07) is 19.2. The van der Waals surface area contributed by atoms with Gasteiger partial charge in [-0.3, -0.25) is 4.72 Å². The van der Waals surface area contributed by atoms with Gasteiger partial charge in [0.25, 0.3) is 0 Å². The number of anilines is 1. The molecule has 1 N–H and O–H groups in total. The summed E-state index contributed by atoms with van der Waals surface area (Å²) in [6.07, 6.45) is 0. The monoisotopic (exact) mass is 382 g/mol. The van der Waals surface area contributed by atoms with Crippen molar-refractivity contribution in [2.45, 2.75) is 19.1 Å². The highest BCUT2D eigenvalue weighted by molar-refractivity contribution is 7.93. The summed E-state index contributed by atoms with van der Waals surface area (Å²) in [7, 11) is -3.39. The van der Waals surface area contributed by atoms with E-state index in [4.69, 9.17) is 0 Å². The third-order valence-corrected chi connectivity index (χ3v) is 6.75. The molecule has 2 aromatic carbocycles. The van der Waals surface area contributed by atoms with Gasteiger partial charge < -0.3 is 0 Å². The van der Waals surface area contributed by atoms with Crippen molar-refractivity contribution in [1.29, 1.82) is 5.26 Å². The molecule has 0 atom stereocenters. The molecular formula is C20H18N2O2S2. The first-order valence-corrected chi connectivity index (χ1v) is 10.5. The van der Waals surface area contributed by atoms with Gasteiger partial charge in [-0.1, -0.05) is 42.5 Å². The minimum atomic E-state index is -3.39. The Bertz CT molecular complexity index is 1060. The van der Waals surface area contributed by atoms with Crippen LogP contribution in [0.3, 0.4) is 0 Å². The van der Waals surface area contributed by atoms with Gasteiger partial charge in [0.2, 0.25) is 10.0 Å². The van der Waals surface area contributed by atoms with E-state index in [1.54, 1.807) is 26.0 Å². The predicted molar refractivity (Wildman–Crippen MR) is 108 cm³/mol. The fourth-order valence-corrected chi connectivity index (χ4v) is 4.15. The second-order valence-corrected chi connectivity index (χ2v) is 9.25. The number of thiophene rings is 1. The highest BCUT2D eigenvalue weighted by atomic mass is 32.2. The Labute approximate surface area is 157 Å². The lowest BCUT2D eigenvalue weighted by Crippen LogP contribution is -2.22. The van der Waals surface area contributed by atoms with Crippen LogP contribution in [-0.4, -0.2) is 13.7 Å². The van der Waals surface area contributed by atoms with Crippen LogP contribution < -0.4 is 4.72 Å². The summed E-state index contributed by atoms with van der Waals surface area (Å²) < 4.78 is 27.0. The SMILES string of the molecule is CC(C)S(=O)(=O)Nc1ccsc1-c1ccc(-c2ccccc2C#N)cc1. The third-order valence-electron chi connectivity index (χ3n) is 4.04. The molecule has 3 aromatic rings. The Morgan fingerprint density at radius 1 is 1.00 bits per heavy atom. The minimum absolute atomic E-state index is 0.500. The zero-order valence-corrected chi connectivity index (χ0v) is 16.1. The fraction of sp³-hybridized carbons (Fsp3) is 0.150. The summed E-state index contributed by atoms with van der Waals surface area (Å²) in [5.41, 5.74) is 3.98. The van der Waals surface area contributed by atoms with Crippen molar-refractivity contribution in [3.05, 3.63) is 65.5 Å². The highest BCUT2D eigenvalue weighted by Gasteiger charge is 2.18. The van der Waals surface area contributed by atoms with Gasteiger partial charge in [0.15, 0.2) is 0 Å². The molecule has 0 saturated heterocycles. The number of rotatable bonds is 5. The molecule has 4 nitrogen and oxygen atoms in total. The summed E-state index contributed by atoms with van der Waals surface area (Å²) in [6.45, 7) is 3.30. The molecular weight excluding hydrogens is 364 g/mol. The zero-order chi connectivity index (χ0) is 18.7. The molecule has 0 aliphatic rings. The van der Waals surface area contributed by atoms with E-state index in [1.807, 2.05) is 47.8 Å². The average Bonchev–Trinajstić information content (AvgIpc) is 3.09. The van der Waals surface area contributed by atoms with Crippen LogP contribution in [0, 0.1) is 11.3 Å². The van der Waals surface area contributed by atoms with E-state index < -0.39 is 15.3 Å². The van der Waals surface area contributed by atoms with Crippen molar-refractivity contribution in [3.8, 4) is 27.6 Å². The standard InChI is InChI=1S/C20H18N2O2S2/c1-14(2)26(23,24)22-19-11-12-25-20(19)16-9-7-15(8-10-16)18-6-4-3-5-17(18)13-21/h3-12,14,22H,1-2H3. The van der Waals surface area contributed by atoms with E-state index in [0.29, 0.717) is 11.3 Å². The largest absolute Gasteiger partial charge is 0.282 e. The topological polar surface area (TPSA) is 70.0 Å². The lowest BCUT2D eigenvalue weighted by molar-refractivity contribution is 0.593.